The minimum absolute atomic E-state index is 0.0749. The summed E-state index contributed by atoms with van der Waals surface area (Å²) in [5.74, 6) is 1.38. The van der Waals surface area contributed by atoms with Crippen LogP contribution in [0.2, 0.25) is 0 Å². The summed E-state index contributed by atoms with van der Waals surface area (Å²) in [4.78, 5) is 14.9. The maximum absolute atomic E-state index is 12.8. The van der Waals surface area contributed by atoms with Crippen molar-refractivity contribution in [2.75, 3.05) is 14.1 Å². The van der Waals surface area contributed by atoms with E-state index in [1.165, 1.54) is 19.3 Å². The number of nitrogens with zero attached hydrogens (tertiary/aromatic N) is 1. The number of carbonyl (C=O) groups is 1. The van der Waals surface area contributed by atoms with Crippen molar-refractivity contribution >= 4 is 6.09 Å². The standard InChI is InChI=1S/C23H34N2O2/c1-16(25(4)5)18-7-6-8-19(9-18)27-20(26)24-23-12-17-10-21(2,14-23)13-22(3,11-17)15-23/h6-9,16-17H,10-15H2,1-5H3,(H,24,26)/t16-,17?,21-,22+,23?/m0/s1. The van der Waals surface area contributed by atoms with Gasteiger partial charge in [-0.05, 0) is 94.0 Å². The van der Waals surface area contributed by atoms with E-state index in [2.05, 4.69) is 51.1 Å². The maximum Gasteiger partial charge on any atom is 0.413 e. The van der Waals surface area contributed by atoms with E-state index in [1.807, 2.05) is 18.2 Å². The third kappa shape index (κ3) is 3.61. The van der Waals surface area contributed by atoms with Gasteiger partial charge in [0.1, 0.15) is 5.75 Å². The molecule has 1 aromatic carbocycles. The molecule has 4 bridgehead atoms. The summed E-state index contributed by atoms with van der Waals surface area (Å²) < 4.78 is 5.72. The van der Waals surface area contributed by atoms with Crippen LogP contribution in [0.15, 0.2) is 24.3 Å². The number of rotatable bonds is 4. The average Bonchev–Trinajstić information content (AvgIpc) is 2.49. The maximum atomic E-state index is 12.8. The zero-order chi connectivity index (χ0) is 19.4. The second-order valence-corrected chi connectivity index (χ2v) is 10.6. The summed E-state index contributed by atoms with van der Waals surface area (Å²) in [6.07, 6.45) is 6.97. The predicted octanol–water partition coefficient (Wildman–Crippen LogP) is 5.15. The monoisotopic (exact) mass is 370 g/mol. The van der Waals surface area contributed by atoms with E-state index in [1.54, 1.807) is 0 Å². The molecule has 4 heteroatoms. The molecule has 5 atom stereocenters. The Morgan fingerprint density at radius 1 is 1.15 bits per heavy atom. The van der Waals surface area contributed by atoms with E-state index in [-0.39, 0.29) is 17.7 Å². The fourth-order valence-electron chi connectivity index (χ4n) is 7.07. The molecular weight excluding hydrogens is 336 g/mol. The van der Waals surface area contributed by atoms with Crippen molar-refractivity contribution in [1.82, 2.24) is 10.2 Å². The quantitative estimate of drug-likeness (QED) is 0.797. The molecule has 0 spiro atoms. The van der Waals surface area contributed by atoms with Crippen LogP contribution in [-0.2, 0) is 0 Å². The highest BCUT2D eigenvalue weighted by Crippen LogP contribution is 2.66. The topological polar surface area (TPSA) is 41.6 Å². The van der Waals surface area contributed by atoms with Crippen molar-refractivity contribution in [3.63, 3.8) is 0 Å². The predicted molar refractivity (Wildman–Crippen MR) is 108 cm³/mol. The number of ether oxygens (including phenoxy) is 1. The first-order chi connectivity index (χ1) is 12.6. The lowest BCUT2D eigenvalue weighted by Crippen LogP contribution is -2.65. The van der Waals surface area contributed by atoms with E-state index < -0.39 is 0 Å². The smallest absolute Gasteiger partial charge is 0.410 e. The Morgan fingerprint density at radius 2 is 1.81 bits per heavy atom. The molecule has 0 heterocycles. The van der Waals surface area contributed by atoms with Crippen LogP contribution < -0.4 is 10.1 Å². The van der Waals surface area contributed by atoms with Gasteiger partial charge in [0.25, 0.3) is 0 Å². The summed E-state index contributed by atoms with van der Waals surface area (Å²) in [5.41, 5.74) is 1.83. The van der Waals surface area contributed by atoms with Crippen molar-refractivity contribution < 1.29 is 9.53 Å². The lowest BCUT2D eigenvalue weighted by atomic mass is 9.43. The molecule has 1 amide bonds. The first kappa shape index (κ1) is 18.8. The van der Waals surface area contributed by atoms with E-state index in [9.17, 15) is 4.79 Å². The molecular formula is C23H34N2O2. The van der Waals surface area contributed by atoms with Gasteiger partial charge in [-0.25, -0.2) is 4.79 Å². The van der Waals surface area contributed by atoms with Gasteiger partial charge < -0.3 is 15.0 Å². The number of amides is 1. The Balaban J connectivity index is 1.47. The molecule has 4 aliphatic carbocycles. The second-order valence-electron chi connectivity index (χ2n) is 10.6. The molecule has 0 aliphatic heterocycles. The van der Waals surface area contributed by atoms with Gasteiger partial charge in [0, 0.05) is 11.6 Å². The van der Waals surface area contributed by atoms with Gasteiger partial charge in [-0.3, -0.25) is 0 Å². The summed E-state index contributed by atoms with van der Waals surface area (Å²) >= 11 is 0. The van der Waals surface area contributed by atoms with E-state index in [0.29, 0.717) is 16.6 Å². The molecule has 0 aromatic heterocycles. The van der Waals surface area contributed by atoms with Crippen molar-refractivity contribution in [3.8, 4) is 5.75 Å². The van der Waals surface area contributed by atoms with Crippen LogP contribution >= 0.6 is 0 Å². The molecule has 4 saturated carbocycles. The summed E-state index contributed by atoms with van der Waals surface area (Å²) in [5, 5.41) is 3.32. The Bertz CT molecular complexity index is 726. The van der Waals surface area contributed by atoms with Crippen molar-refractivity contribution in [2.24, 2.45) is 16.7 Å². The van der Waals surface area contributed by atoms with Crippen LogP contribution in [-0.4, -0.2) is 30.6 Å². The van der Waals surface area contributed by atoms with Crippen molar-refractivity contribution in [3.05, 3.63) is 29.8 Å². The largest absolute Gasteiger partial charge is 0.413 e. The van der Waals surface area contributed by atoms with Crippen molar-refractivity contribution in [1.29, 1.82) is 0 Å². The average molecular weight is 371 g/mol. The van der Waals surface area contributed by atoms with Crippen LogP contribution in [0, 0.1) is 16.7 Å². The molecule has 0 saturated heterocycles. The normalized spacial score (nSPS) is 38.1. The van der Waals surface area contributed by atoms with Gasteiger partial charge >= 0.3 is 6.09 Å². The molecule has 2 unspecified atom stereocenters. The van der Waals surface area contributed by atoms with Crippen LogP contribution in [0.5, 0.6) is 5.75 Å². The Morgan fingerprint density at radius 3 is 2.41 bits per heavy atom. The first-order valence-corrected chi connectivity index (χ1v) is 10.4. The van der Waals surface area contributed by atoms with Gasteiger partial charge in [-0.2, -0.15) is 0 Å². The van der Waals surface area contributed by atoms with E-state index >= 15 is 0 Å². The van der Waals surface area contributed by atoms with Crippen LogP contribution in [0.1, 0.15) is 70.9 Å². The molecule has 4 aliphatic rings. The highest BCUT2D eigenvalue weighted by atomic mass is 16.6. The number of nitrogens with one attached hydrogen (secondary N) is 1. The number of hydrogen-bond donors (Lipinski definition) is 1. The van der Waals surface area contributed by atoms with Crippen molar-refractivity contribution in [2.45, 2.75) is 70.9 Å². The third-order valence-corrected chi connectivity index (χ3v) is 7.32. The molecule has 1 aromatic rings. The lowest BCUT2D eigenvalue weighted by Gasteiger charge is -2.65. The second kappa shape index (κ2) is 6.23. The molecule has 0 radical (unpaired) electrons. The van der Waals surface area contributed by atoms with E-state index in [0.717, 1.165) is 30.7 Å². The van der Waals surface area contributed by atoms with Crippen LogP contribution in [0.25, 0.3) is 0 Å². The minimum atomic E-state index is -0.293. The van der Waals surface area contributed by atoms with Gasteiger partial charge in [0.05, 0.1) is 0 Å². The third-order valence-electron chi connectivity index (χ3n) is 7.32. The summed E-state index contributed by atoms with van der Waals surface area (Å²) in [6, 6.07) is 8.17. The fourth-order valence-corrected chi connectivity index (χ4v) is 7.07. The lowest BCUT2D eigenvalue weighted by molar-refractivity contribution is -0.114. The number of benzene rings is 1. The molecule has 27 heavy (non-hydrogen) atoms. The Hall–Kier alpha value is -1.55. The summed E-state index contributed by atoms with van der Waals surface area (Å²) in [7, 11) is 4.11. The highest BCUT2D eigenvalue weighted by Gasteiger charge is 2.60. The van der Waals surface area contributed by atoms with Gasteiger partial charge in [0.15, 0.2) is 0 Å². The first-order valence-electron chi connectivity index (χ1n) is 10.4. The molecule has 1 N–H and O–H groups in total. The zero-order valence-corrected chi connectivity index (χ0v) is 17.5. The molecule has 4 nitrogen and oxygen atoms in total. The van der Waals surface area contributed by atoms with Gasteiger partial charge in [-0.1, -0.05) is 26.0 Å². The molecule has 148 valence electrons. The number of carbonyl (C=O) groups excluding carboxylic acids is 1. The highest BCUT2D eigenvalue weighted by molar-refractivity contribution is 5.71. The fraction of sp³-hybridized carbons (Fsp3) is 0.696. The van der Waals surface area contributed by atoms with Crippen LogP contribution in [0.4, 0.5) is 4.79 Å². The van der Waals surface area contributed by atoms with Gasteiger partial charge in [-0.15, -0.1) is 0 Å². The summed E-state index contributed by atoms with van der Waals surface area (Å²) in [6.45, 7) is 6.99. The SMILES string of the molecule is C[C@@H](c1cccc(OC(=O)NC23CC4C[C@@](C)(C2)C[C@](C)(C4)C3)c1)N(C)C. The van der Waals surface area contributed by atoms with E-state index in [4.69, 9.17) is 4.74 Å². The Kier molecular flexibility index (Phi) is 4.34. The minimum Gasteiger partial charge on any atom is -0.410 e. The number of hydrogen-bond acceptors (Lipinski definition) is 3. The molecule has 5 rings (SSSR count). The van der Waals surface area contributed by atoms with Crippen LogP contribution in [0.3, 0.4) is 0 Å². The molecule has 4 fully saturated rings. The Labute approximate surface area is 163 Å². The zero-order valence-electron chi connectivity index (χ0n) is 17.5. The van der Waals surface area contributed by atoms with Gasteiger partial charge in [0.2, 0.25) is 0 Å².